The Morgan fingerprint density at radius 2 is 1.91 bits per heavy atom. The molecule has 1 amide bonds. The minimum absolute atomic E-state index is 0.107. The van der Waals surface area contributed by atoms with Crippen LogP contribution in [0.15, 0.2) is 66.9 Å². The van der Waals surface area contributed by atoms with E-state index in [1.54, 1.807) is 22.7 Å². The zero-order chi connectivity index (χ0) is 22.5. The molecule has 2 heterocycles. The van der Waals surface area contributed by atoms with Gasteiger partial charge in [0.1, 0.15) is 6.67 Å². The van der Waals surface area contributed by atoms with E-state index in [2.05, 4.69) is 20.7 Å². The first-order chi connectivity index (χ1) is 15.5. The van der Waals surface area contributed by atoms with Gasteiger partial charge in [-0.1, -0.05) is 18.2 Å². The van der Waals surface area contributed by atoms with E-state index in [1.165, 1.54) is 0 Å². The third-order valence-electron chi connectivity index (χ3n) is 5.00. The first-order valence-corrected chi connectivity index (χ1v) is 10.3. The van der Waals surface area contributed by atoms with Crippen molar-refractivity contribution in [3.05, 3.63) is 78.0 Å². The molecule has 0 saturated carbocycles. The maximum absolute atomic E-state index is 13.1. The van der Waals surface area contributed by atoms with Crippen molar-refractivity contribution in [1.82, 2.24) is 24.8 Å². The average Bonchev–Trinajstić information content (AvgIpc) is 3.21. The highest BCUT2D eigenvalue weighted by atomic mass is 19.1. The van der Waals surface area contributed by atoms with Crippen LogP contribution in [0.5, 0.6) is 0 Å². The number of benzene rings is 2. The Morgan fingerprint density at radius 3 is 2.66 bits per heavy atom. The summed E-state index contributed by atoms with van der Waals surface area (Å²) >= 11 is 0. The summed E-state index contributed by atoms with van der Waals surface area (Å²) in [5, 5.41) is 10.6. The van der Waals surface area contributed by atoms with Gasteiger partial charge in [0.05, 0.1) is 0 Å². The van der Waals surface area contributed by atoms with E-state index in [1.807, 2.05) is 67.7 Å². The van der Waals surface area contributed by atoms with Gasteiger partial charge in [-0.3, -0.25) is 4.79 Å². The first kappa shape index (κ1) is 21.5. The largest absolute Gasteiger partial charge is 0.351 e. The van der Waals surface area contributed by atoms with E-state index in [4.69, 9.17) is 0 Å². The lowest BCUT2D eigenvalue weighted by Gasteiger charge is -2.10. The van der Waals surface area contributed by atoms with Gasteiger partial charge in [-0.25, -0.2) is 8.91 Å². The third kappa shape index (κ3) is 4.92. The van der Waals surface area contributed by atoms with Gasteiger partial charge < -0.3 is 15.5 Å². The predicted octanol–water partition coefficient (Wildman–Crippen LogP) is 3.90. The first-order valence-electron chi connectivity index (χ1n) is 10.3. The molecule has 2 aromatic heterocycles. The molecular formula is C24H25FN6O. The summed E-state index contributed by atoms with van der Waals surface area (Å²) in [6.07, 6.45) is 1.82. The molecule has 32 heavy (non-hydrogen) atoms. The van der Waals surface area contributed by atoms with Crippen LogP contribution in [-0.2, 0) is 6.67 Å². The molecule has 0 bridgehead atoms. The van der Waals surface area contributed by atoms with Gasteiger partial charge in [0.15, 0.2) is 5.65 Å². The molecule has 0 aliphatic carbocycles. The Morgan fingerprint density at radius 1 is 1.09 bits per heavy atom. The van der Waals surface area contributed by atoms with Crippen LogP contribution in [0.3, 0.4) is 0 Å². The fourth-order valence-corrected chi connectivity index (χ4v) is 3.34. The Bertz CT molecular complexity index is 1220. The van der Waals surface area contributed by atoms with Gasteiger partial charge in [0.2, 0.25) is 5.95 Å². The standard InChI is InChI=1S/C24H25FN6O/c1-30(2)14-12-26-23(32)18-8-10-20(11-9-18)27-24-28-22-21(7-4-13-31(22)29-24)19-6-3-5-17(15-19)16-25/h3-11,13,15H,12,14,16H2,1-2H3,(H,26,32)(H,27,29). The van der Waals surface area contributed by atoms with Crippen molar-refractivity contribution in [2.24, 2.45) is 0 Å². The number of carbonyl (C=O) groups is 1. The number of hydrogen-bond donors (Lipinski definition) is 2. The average molecular weight is 433 g/mol. The molecule has 0 fully saturated rings. The summed E-state index contributed by atoms with van der Waals surface area (Å²) in [5.41, 5.74) is 4.40. The number of pyridine rings is 1. The number of hydrogen-bond acceptors (Lipinski definition) is 5. The number of nitrogens with one attached hydrogen (secondary N) is 2. The topological polar surface area (TPSA) is 74.6 Å². The van der Waals surface area contributed by atoms with Gasteiger partial charge in [-0.2, -0.15) is 4.98 Å². The van der Waals surface area contributed by atoms with Crippen molar-refractivity contribution < 1.29 is 9.18 Å². The highest BCUT2D eigenvalue weighted by Gasteiger charge is 2.11. The van der Waals surface area contributed by atoms with Crippen molar-refractivity contribution >= 4 is 23.2 Å². The number of amides is 1. The number of aromatic nitrogens is 3. The van der Waals surface area contributed by atoms with Crippen molar-refractivity contribution in [3.63, 3.8) is 0 Å². The van der Waals surface area contributed by atoms with E-state index in [0.29, 0.717) is 29.3 Å². The van der Waals surface area contributed by atoms with Gasteiger partial charge >= 0.3 is 0 Å². The van der Waals surface area contributed by atoms with Crippen LogP contribution < -0.4 is 10.6 Å². The molecule has 164 valence electrons. The summed E-state index contributed by atoms with van der Waals surface area (Å²) < 4.78 is 14.8. The molecule has 0 unspecified atom stereocenters. The number of anilines is 2. The monoisotopic (exact) mass is 432 g/mol. The lowest BCUT2D eigenvalue weighted by atomic mass is 10.0. The van der Waals surface area contributed by atoms with Crippen LogP contribution in [0.25, 0.3) is 16.8 Å². The Hall–Kier alpha value is -3.78. The molecule has 8 heteroatoms. The summed E-state index contributed by atoms with van der Waals surface area (Å²) in [7, 11) is 3.92. The number of rotatable bonds is 8. The second kappa shape index (κ2) is 9.57. The minimum atomic E-state index is -0.514. The zero-order valence-corrected chi connectivity index (χ0v) is 18.0. The Balaban J connectivity index is 1.51. The predicted molar refractivity (Wildman–Crippen MR) is 124 cm³/mol. The second-order valence-corrected chi connectivity index (χ2v) is 7.72. The molecular weight excluding hydrogens is 407 g/mol. The van der Waals surface area contributed by atoms with Crippen LogP contribution in [0, 0.1) is 0 Å². The molecule has 0 aliphatic heterocycles. The lowest BCUT2D eigenvalue weighted by Crippen LogP contribution is -2.31. The van der Waals surface area contributed by atoms with Crippen LogP contribution in [0.2, 0.25) is 0 Å². The molecule has 2 aromatic carbocycles. The number of likely N-dealkylation sites (N-methyl/N-ethyl adjacent to an activating group) is 1. The van der Waals surface area contributed by atoms with Gasteiger partial charge in [-0.05, 0) is 67.7 Å². The van der Waals surface area contributed by atoms with E-state index in [0.717, 1.165) is 23.4 Å². The fraction of sp³-hybridized carbons (Fsp3) is 0.208. The summed E-state index contributed by atoms with van der Waals surface area (Å²) in [4.78, 5) is 18.9. The molecule has 0 radical (unpaired) electrons. The zero-order valence-electron chi connectivity index (χ0n) is 18.0. The number of nitrogens with zero attached hydrogens (tertiary/aromatic N) is 4. The van der Waals surface area contributed by atoms with Crippen molar-refractivity contribution in [2.75, 3.05) is 32.5 Å². The number of carbonyl (C=O) groups excluding carboxylic acids is 1. The van der Waals surface area contributed by atoms with Gasteiger partial charge in [-0.15, -0.1) is 5.10 Å². The second-order valence-electron chi connectivity index (χ2n) is 7.72. The van der Waals surface area contributed by atoms with Crippen LogP contribution in [0.1, 0.15) is 15.9 Å². The Kier molecular flexibility index (Phi) is 6.42. The highest BCUT2D eigenvalue weighted by Crippen LogP contribution is 2.26. The number of halogens is 1. The molecule has 2 N–H and O–H groups in total. The van der Waals surface area contributed by atoms with E-state index >= 15 is 0 Å². The van der Waals surface area contributed by atoms with Crippen molar-refractivity contribution in [1.29, 1.82) is 0 Å². The fourth-order valence-electron chi connectivity index (χ4n) is 3.34. The highest BCUT2D eigenvalue weighted by molar-refractivity contribution is 5.94. The molecule has 0 atom stereocenters. The van der Waals surface area contributed by atoms with Gasteiger partial charge in [0.25, 0.3) is 5.91 Å². The quantitative estimate of drug-likeness (QED) is 0.442. The maximum Gasteiger partial charge on any atom is 0.251 e. The smallest absolute Gasteiger partial charge is 0.251 e. The normalized spacial score (nSPS) is 11.1. The Labute approximate surface area is 185 Å². The molecule has 0 saturated heterocycles. The van der Waals surface area contributed by atoms with Crippen LogP contribution >= 0.6 is 0 Å². The van der Waals surface area contributed by atoms with E-state index < -0.39 is 6.67 Å². The molecule has 0 spiro atoms. The summed E-state index contributed by atoms with van der Waals surface area (Å²) in [6.45, 7) is 0.860. The van der Waals surface area contributed by atoms with E-state index in [9.17, 15) is 9.18 Å². The molecule has 0 aliphatic rings. The number of alkyl halides is 1. The van der Waals surface area contributed by atoms with E-state index in [-0.39, 0.29) is 5.91 Å². The third-order valence-corrected chi connectivity index (χ3v) is 5.00. The minimum Gasteiger partial charge on any atom is -0.351 e. The van der Waals surface area contributed by atoms with Gasteiger partial charge in [0, 0.05) is 36.1 Å². The number of fused-ring (bicyclic) bond motifs is 1. The summed E-state index contributed by atoms with van der Waals surface area (Å²) in [6, 6.07) is 18.3. The van der Waals surface area contributed by atoms with Crippen LogP contribution in [-0.4, -0.2) is 52.6 Å². The SMILES string of the molecule is CN(C)CCNC(=O)c1ccc(Nc2nc3c(-c4cccc(CF)c4)cccn3n2)cc1. The summed E-state index contributed by atoms with van der Waals surface area (Å²) in [5.74, 6) is 0.326. The maximum atomic E-state index is 13.1. The van der Waals surface area contributed by atoms with Crippen molar-refractivity contribution in [3.8, 4) is 11.1 Å². The molecule has 7 nitrogen and oxygen atoms in total. The molecule has 4 aromatic rings. The van der Waals surface area contributed by atoms with Crippen molar-refractivity contribution in [2.45, 2.75) is 6.67 Å². The lowest BCUT2D eigenvalue weighted by molar-refractivity contribution is 0.0951. The van der Waals surface area contributed by atoms with Crippen LogP contribution in [0.4, 0.5) is 16.0 Å². The molecule has 4 rings (SSSR count).